The van der Waals surface area contributed by atoms with E-state index in [1.807, 2.05) is 0 Å². The van der Waals surface area contributed by atoms with Crippen LogP contribution in [0.5, 0.6) is 0 Å². The summed E-state index contributed by atoms with van der Waals surface area (Å²) in [6.07, 6.45) is -0.334. The van der Waals surface area contributed by atoms with Gasteiger partial charge in [0.2, 0.25) is 25.4 Å². The van der Waals surface area contributed by atoms with Crippen molar-refractivity contribution in [2.24, 2.45) is 5.14 Å². The van der Waals surface area contributed by atoms with Crippen LogP contribution in [-0.4, -0.2) is 44.4 Å². The molecule has 0 aliphatic rings. The Balaban J connectivity index is 1.96. The molecule has 0 radical (unpaired) electrons. The first-order chi connectivity index (χ1) is 12.9. The summed E-state index contributed by atoms with van der Waals surface area (Å²) in [5.41, 5.74) is -0.579. The summed E-state index contributed by atoms with van der Waals surface area (Å²) < 4.78 is 48.1. The highest BCUT2D eigenvalue weighted by Crippen LogP contribution is 2.27. The van der Waals surface area contributed by atoms with Gasteiger partial charge in [0.1, 0.15) is 5.02 Å². The van der Waals surface area contributed by atoms with Gasteiger partial charge in [-0.25, -0.2) is 26.7 Å². The van der Waals surface area contributed by atoms with Crippen LogP contribution in [-0.2, 0) is 24.8 Å². The predicted octanol–water partition coefficient (Wildman–Crippen LogP) is 0.0542. The Hall–Kier alpha value is -2.24. The number of rotatable bonds is 8. The second kappa shape index (κ2) is 8.41. The van der Waals surface area contributed by atoms with Crippen molar-refractivity contribution in [1.82, 2.24) is 14.9 Å². The summed E-state index contributed by atoms with van der Waals surface area (Å²) in [6, 6.07) is 2.94. The fourth-order valence-electron chi connectivity index (χ4n) is 1.74. The van der Waals surface area contributed by atoms with E-state index in [1.165, 1.54) is 0 Å². The Morgan fingerprint density at radius 1 is 1.29 bits per heavy atom. The molecule has 17 heteroatoms. The van der Waals surface area contributed by atoms with Gasteiger partial charge in [0, 0.05) is 19.0 Å². The van der Waals surface area contributed by atoms with Gasteiger partial charge in [-0.15, -0.1) is 10.2 Å². The van der Waals surface area contributed by atoms with Crippen molar-refractivity contribution in [1.29, 1.82) is 0 Å². The second-order valence-electron chi connectivity index (χ2n) is 4.98. The molecule has 0 aliphatic carbocycles. The molecule has 1 heterocycles. The molecule has 28 heavy (non-hydrogen) atoms. The van der Waals surface area contributed by atoms with E-state index in [1.54, 1.807) is 0 Å². The number of carbonyl (C=O) groups excluding carboxylic acids is 1. The predicted molar refractivity (Wildman–Crippen MR) is 97.8 cm³/mol. The number of benzene rings is 1. The van der Waals surface area contributed by atoms with Gasteiger partial charge in [-0.3, -0.25) is 14.9 Å². The van der Waals surface area contributed by atoms with Crippen LogP contribution in [0.3, 0.4) is 0 Å². The molecule has 0 spiro atoms. The number of nitrogens with zero attached hydrogens (tertiary/aromatic N) is 3. The summed E-state index contributed by atoms with van der Waals surface area (Å²) in [6.45, 7) is -0.342. The van der Waals surface area contributed by atoms with Crippen LogP contribution in [0.2, 0.25) is 5.02 Å². The quantitative estimate of drug-likeness (QED) is 0.270. The van der Waals surface area contributed by atoms with Crippen LogP contribution in [0.4, 0.5) is 10.8 Å². The highest BCUT2D eigenvalue weighted by Gasteiger charge is 2.21. The van der Waals surface area contributed by atoms with Crippen LogP contribution >= 0.6 is 22.9 Å². The highest BCUT2D eigenvalue weighted by molar-refractivity contribution is 7.91. The molecule has 0 unspecified atom stereocenters. The van der Waals surface area contributed by atoms with E-state index in [9.17, 15) is 31.7 Å². The van der Waals surface area contributed by atoms with Crippen LogP contribution in [0.1, 0.15) is 6.42 Å². The number of amides is 1. The minimum Gasteiger partial charge on any atom is -0.300 e. The monoisotopic (exact) mass is 470 g/mol. The number of hydrogen-bond acceptors (Lipinski definition) is 10. The van der Waals surface area contributed by atoms with Crippen molar-refractivity contribution < 1.29 is 26.6 Å². The standard InChI is InChI=1S/C11H11ClN6O7S3/c12-7-2-1-6(5-8(7)18(20)21)28(24,25)14-4-3-9(19)15-10-16-17-11(26-10)27(13,22)23/h1-2,5,14H,3-4H2,(H2,13,22,23)(H,15,16,19). The minimum atomic E-state index is -4.13. The molecular formula is C11H11ClN6O7S3. The lowest BCUT2D eigenvalue weighted by Gasteiger charge is -2.07. The summed E-state index contributed by atoms with van der Waals surface area (Å²) in [5, 5.41) is 24.3. The number of nitro benzene ring substituents is 1. The number of hydrogen-bond donors (Lipinski definition) is 3. The van der Waals surface area contributed by atoms with Gasteiger partial charge < -0.3 is 5.32 Å². The van der Waals surface area contributed by atoms with Crippen LogP contribution in [0, 0.1) is 10.1 Å². The third-order valence-electron chi connectivity index (χ3n) is 2.96. The number of aromatic nitrogens is 2. The average molecular weight is 471 g/mol. The number of anilines is 1. The summed E-state index contributed by atoms with van der Waals surface area (Å²) in [7, 11) is -8.18. The minimum absolute atomic E-state index is 0.134. The van der Waals surface area contributed by atoms with Crippen molar-refractivity contribution in [3.8, 4) is 0 Å². The van der Waals surface area contributed by atoms with E-state index in [-0.39, 0.29) is 23.1 Å². The van der Waals surface area contributed by atoms with Gasteiger partial charge in [-0.05, 0) is 12.1 Å². The van der Waals surface area contributed by atoms with Gasteiger partial charge in [-0.1, -0.05) is 22.9 Å². The zero-order valence-corrected chi connectivity index (χ0v) is 16.7. The fraction of sp³-hybridized carbons (Fsp3) is 0.182. The molecule has 0 saturated heterocycles. The molecule has 0 atom stereocenters. The maximum Gasteiger partial charge on any atom is 0.289 e. The Labute approximate surface area is 167 Å². The lowest BCUT2D eigenvalue weighted by Crippen LogP contribution is -2.27. The van der Waals surface area contributed by atoms with E-state index < -0.39 is 45.8 Å². The van der Waals surface area contributed by atoms with Crippen LogP contribution < -0.4 is 15.2 Å². The molecule has 152 valence electrons. The normalized spacial score (nSPS) is 11.9. The van der Waals surface area contributed by atoms with E-state index in [0.29, 0.717) is 11.3 Å². The highest BCUT2D eigenvalue weighted by atomic mass is 35.5. The van der Waals surface area contributed by atoms with E-state index >= 15 is 0 Å². The van der Waals surface area contributed by atoms with Crippen LogP contribution in [0.25, 0.3) is 0 Å². The van der Waals surface area contributed by atoms with Gasteiger partial charge in [0.25, 0.3) is 15.7 Å². The zero-order valence-electron chi connectivity index (χ0n) is 13.5. The molecule has 2 aromatic rings. The van der Waals surface area contributed by atoms with E-state index in [4.69, 9.17) is 16.7 Å². The number of nitro groups is 1. The third kappa shape index (κ3) is 5.63. The number of nitrogens with one attached hydrogen (secondary N) is 2. The maximum absolute atomic E-state index is 12.2. The molecule has 1 aromatic carbocycles. The van der Waals surface area contributed by atoms with Gasteiger partial charge in [0.15, 0.2) is 0 Å². The third-order valence-corrected chi connectivity index (χ3v) is 6.89. The van der Waals surface area contributed by atoms with Crippen LogP contribution in [0.15, 0.2) is 27.4 Å². The Morgan fingerprint density at radius 3 is 2.54 bits per heavy atom. The smallest absolute Gasteiger partial charge is 0.289 e. The second-order valence-corrected chi connectivity index (χ2v) is 9.87. The first-order valence-corrected chi connectivity index (χ1v) is 11.2. The molecule has 13 nitrogen and oxygen atoms in total. The van der Waals surface area contributed by atoms with Gasteiger partial charge in [0.05, 0.1) is 9.82 Å². The number of sulfonamides is 2. The molecular weight excluding hydrogens is 460 g/mol. The summed E-state index contributed by atoms with van der Waals surface area (Å²) in [5.74, 6) is -0.679. The molecule has 0 bridgehead atoms. The molecule has 4 N–H and O–H groups in total. The van der Waals surface area contributed by atoms with Crippen molar-refractivity contribution >= 4 is 59.7 Å². The van der Waals surface area contributed by atoms with Gasteiger partial charge >= 0.3 is 0 Å². The number of nitrogens with two attached hydrogens (primary N) is 1. The van der Waals surface area contributed by atoms with Crippen molar-refractivity contribution in [3.05, 3.63) is 33.3 Å². The van der Waals surface area contributed by atoms with E-state index in [2.05, 4.69) is 20.2 Å². The average Bonchev–Trinajstić information content (AvgIpc) is 3.03. The summed E-state index contributed by atoms with van der Waals surface area (Å²) in [4.78, 5) is 21.4. The number of halogens is 1. The van der Waals surface area contributed by atoms with Crippen molar-refractivity contribution in [3.63, 3.8) is 0 Å². The molecule has 0 aliphatic heterocycles. The first kappa shape index (κ1) is 22.1. The SMILES string of the molecule is NS(=O)(=O)c1nnc(NC(=O)CCNS(=O)(=O)c2ccc(Cl)c([N+](=O)[O-])c2)s1. The number of carbonyl (C=O) groups is 1. The Kier molecular flexibility index (Phi) is 6.63. The zero-order chi connectivity index (χ0) is 21.1. The largest absolute Gasteiger partial charge is 0.300 e. The molecule has 1 amide bonds. The fourth-order valence-corrected chi connectivity index (χ4v) is 4.33. The molecule has 1 aromatic heterocycles. The molecule has 2 rings (SSSR count). The lowest BCUT2D eigenvalue weighted by atomic mass is 10.3. The molecule has 0 saturated carbocycles. The Bertz CT molecular complexity index is 1130. The van der Waals surface area contributed by atoms with Crippen molar-refractivity contribution in [2.45, 2.75) is 15.7 Å². The number of primary sulfonamides is 1. The topological polar surface area (TPSA) is 204 Å². The van der Waals surface area contributed by atoms with E-state index in [0.717, 1.165) is 18.2 Å². The van der Waals surface area contributed by atoms with Gasteiger partial charge in [-0.2, -0.15) is 0 Å². The lowest BCUT2D eigenvalue weighted by molar-refractivity contribution is -0.384. The molecule has 0 fully saturated rings. The first-order valence-electron chi connectivity index (χ1n) is 7.00. The van der Waals surface area contributed by atoms with Crippen molar-refractivity contribution in [2.75, 3.05) is 11.9 Å². The maximum atomic E-state index is 12.2. The Morgan fingerprint density at radius 2 is 1.96 bits per heavy atom. The summed E-state index contributed by atoms with van der Waals surface area (Å²) >= 11 is 6.16.